The molecule has 0 spiro atoms. The van der Waals surface area contributed by atoms with E-state index in [1.165, 1.54) is 11.3 Å². The molecule has 3 rings (SSSR count). The Hall–Kier alpha value is -1.40. The number of carbonyl (C=O) groups is 2. The number of piperidine rings is 1. The fraction of sp³-hybridized carbons (Fsp3) is 0.714. The van der Waals surface area contributed by atoms with Crippen LogP contribution in [-0.4, -0.2) is 42.5 Å². The SMILES string of the molecule is CCOC(=O)c1c(NC(=O)C(C)N2CCCC(C)C2)sc2c1CCC(C)C2. The summed E-state index contributed by atoms with van der Waals surface area (Å²) in [6, 6.07) is -0.194. The van der Waals surface area contributed by atoms with E-state index in [1.54, 1.807) is 11.3 Å². The maximum Gasteiger partial charge on any atom is 0.341 e. The third kappa shape index (κ3) is 4.54. The molecule has 1 amide bonds. The zero-order valence-electron chi connectivity index (χ0n) is 17.0. The smallest absolute Gasteiger partial charge is 0.341 e. The van der Waals surface area contributed by atoms with Gasteiger partial charge in [-0.2, -0.15) is 0 Å². The van der Waals surface area contributed by atoms with E-state index in [1.807, 2.05) is 13.8 Å². The van der Waals surface area contributed by atoms with E-state index in [2.05, 4.69) is 24.1 Å². The Labute approximate surface area is 166 Å². The van der Waals surface area contributed by atoms with Crippen LogP contribution in [0.4, 0.5) is 5.00 Å². The minimum atomic E-state index is -0.306. The summed E-state index contributed by atoms with van der Waals surface area (Å²) in [4.78, 5) is 29.0. The largest absolute Gasteiger partial charge is 0.462 e. The predicted molar refractivity (Wildman–Crippen MR) is 110 cm³/mol. The molecule has 1 aromatic rings. The van der Waals surface area contributed by atoms with Crippen LogP contribution >= 0.6 is 11.3 Å². The molecule has 3 atom stereocenters. The van der Waals surface area contributed by atoms with Crippen LogP contribution in [0.5, 0.6) is 0 Å². The molecule has 1 aliphatic heterocycles. The molecular weight excluding hydrogens is 360 g/mol. The Balaban J connectivity index is 1.80. The van der Waals surface area contributed by atoms with E-state index in [0.717, 1.165) is 44.3 Å². The molecule has 0 radical (unpaired) electrons. The van der Waals surface area contributed by atoms with Gasteiger partial charge in [0.15, 0.2) is 0 Å². The van der Waals surface area contributed by atoms with Gasteiger partial charge in [0.1, 0.15) is 5.00 Å². The number of nitrogens with zero attached hydrogens (tertiary/aromatic N) is 1. The predicted octanol–water partition coefficient (Wildman–Crippen LogP) is 4.11. The summed E-state index contributed by atoms with van der Waals surface area (Å²) in [6.45, 7) is 10.5. The number of rotatable bonds is 5. The van der Waals surface area contributed by atoms with Gasteiger partial charge in [0.05, 0.1) is 18.2 Å². The molecular formula is C21H32N2O3S. The summed E-state index contributed by atoms with van der Waals surface area (Å²) in [5.41, 5.74) is 1.68. The molecule has 27 heavy (non-hydrogen) atoms. The van der Waals surface area contributed by atoms with E-state index in [9.17, 15) is 9.59 Å². The van der Waals surface area contributed by atoms with Crippen LogP contribution in [0, 0.1) is 11.8 Å². The number of likely N-dealkylation sites (tertiary alicyclic amines) is 1. The fourth-order valence-corrected chi connectivity index (χ4v) is 5.62. The molecule has 6 heteroatoms. The Morgan fingerprint density at radius 3 is 2.78 bits per heavy atom. The van der Waals surface area contributed by atoms with E-state index in [-0.39, 0.29) is 17.9 Å². The highest BCUT2D eigenvalue weighted by Crippen LogP contribution is 2.40. The molecule has 1 fully saturated rings. The van der Waals surface area contributed by atoms with Crippen LogP contribution in [0.3, 0.4) is 0 Å². The van der Waals surface area contributed by atoms with Gasteiger partial charge < -0.3 is 10.1 Å². The monoisotopic (exact) mass is 392 g/mol. The lowest BCUT2D eigenvalue weighted by Gasteiger charge is -2.34. The summed E-state index contributed by atoms with van der Waals surface area (Å²) in [5.74, 6) is 0.906. The number of amides is 1. The third-order valence-corrected chi connectivity index (χ3v) is 7.01. The van der Waals surface area contributed by atoms with Gasteiger partial charge in [0, 0.05) is 11.4 Å². The molecule has 1 aromatic heterocycles. The highest BCUT2D eigenvalue weighted by molar-refractivity contribution is 7.17. The normalized spacial score (nSPS) is 24.1. The van der Waals surface area contributed by atoms with Gasteiger partial charge in [-0.1, -0.05) is 13.8 Å². The zero-order valence-corrected chi connectivity index (χ0v) is 17.8. The van der Waals surface area contributed by atoms with Gasteiger partial charge in [-0.3, -0.25) is 9.69 Å². The van der Waals surface area contributed by atoms with Crippen LogP contribution < -0.4 is 5.32 Å². The summed E-state index contributed by atoms with van der Waals surface area (Å²) >= 11 is 1.56. The molecule has 0 saturated carbocycles. The van der Waals surface area contributed by atoms with Gasteiger partial charge in [-0.05, 0) is 69.9 Å². The van der Waals surface area contributed by atoms with Crippen LogP contribution in [-0.2, 0) is 22.4 Å². The van der Waals surface area contributed by atoms with E-state index < -0.39 is 0 Å². The maximum absolute atomic E-state index is 12.9. The number of esters is 1. The van der Waals surface area contributed by atoms with Crippen molar-refractivity contribution in [3.8, 4) is 0 Å². The fourth-order valence-electron chi connectivity index (χ4n) is 4.22. The first-order valence-electron chi connectivity index (χ1n) is 10.3. The first-order valence-corrected chi connectivity index (χ1v) is 11.1. The number of nitrogens with one attached hydrogen (secondary N) is 1. The summed E-state index contributed by atoms with van der Waals surface area (Å²) in [7, 11) is 0. The van der Waals surface area contributed by atoms with Gasteiger partial charge in [0.25, 0.3) is 0 Å². The first-order chi connectivity index (χ1) is 12.9. The lowest BCUT2D eigenvalue weighted by atomic mass is 9.88. The summed E-state index contributed by atoms with van der Waals surface area (Å²) < 4.78 is 5.30. The minimum Gasteiger partial charge on any atom is -0.462 e. The van der Waals surface area contributed by atoms with E-state index >= 15 is 0 Å². The van der Waals surface area contributed by atoms with Crippen molar-refractivity contribution in [1.82, 2.24) is 4.90 Å². The highest BCUT2D eigenvalue weighted by atomic mass is 32.1. The molecule has 0 aromatic carbocycles. The van der Waals surface area contributed by atoms with Crippen molar-refractivity contribution < 1.29 is 14.3 Å². The topological polar surface area (TPSA) is 58.6 Å². The number of thiophene rings is 1. The summed E-state index contributed by atoms with van der Waals surface area (Å²) in [6.07, 6.45) is 5.30. The van der Waals surface area contributed by atoms with Crippen molar-refractivity contribution in [2.45, 2.75) is 65.8 Å². The van der Waals surface area contributed by atoms with Crippen LogP contribution in [0.15, 0.2) is 0 Å². The van der Waals surface area contributed by atoms with Crippen molar-refractivity contribution in [3.05, 3.63) is 16.0 Å². The van der Waals surface area contributed by atoms with Gasteiger partial charge in [0.2, 0.25) is 5.91 Å². The zero-order chi connectivity index (χ0) is 19.6. The average molecular weight is 393 g/mol. The number of carbonyl (C=O) groups excluding carboxylic acids is 2. The third-order valence-electron chi connectivity index (χ3n) is 5.84. The van der Waals surface area contributed by atoms with Crippen LogP contribution in [0.1, 0.15) is 67.8 Å². The number of hydrogen-bond donors (Lipinski definition) is 1. The lowest BCUT2D eigenvalue weighted by Crippen LogP contribution is -2.46. The quantitative estimate of drug-likeness (QED) is 0.766. The molecule has 1 saturated heterocycles. The van der Waals surface area contributed by atoms with Crippen LogP contribution in [0.25, 0.3) is 0 Å². The molecule has 1 N–H and O–H groups in total. The van der Waals surface area contributed by atoms with Gasteiger partial charge in [-0.15, -0.1) is 11.3 Å². The van der Waals surface area contributed by atoms with Crippen molar-refractivity contribution in [2.75, 3.05) is 25.0 Å². The highest BCUT2D eigenvalue weighted by Gasteiger charge is 2.31. The molecule has 3 unspecified atom stereocenters. The number of ether oxygens (including phenoxy) is 1. The standard InChI is InChI=1S/C21H32N2O3S/c1-5-26-21(25)18-16-9-8-13(2)11-17(16)27-20(18)22-19(24)15(4)23-10-6-7-14(3)12-23/h13-15H,5-12H2,1-4H3,(H,22,24). The minimum absolute atomic E-state index is 0.0266. The second-order valence-electron chi connectivity index (χ2n) is 8.18. The van der Waals surface area contributed by atoms with Crippen molar-refractivity contribution in [2.24, 2.45) is 11.8 Å². The molecule has 1 aliphatic carbocycles. The van der Waals surface area contributed by atoms with Gasteiger partial charge >= 0.3 is 5.97 Å². The Kier molecular flexibility index (Phi) is 6.58. The first kappa shape index (κ1) is 20.3. The molecule has 150 valence electrons. The number of hydrogen-bond acceptors (Lipinski definition) is 5. The van der Waals surface area contributed by atoms with Gasteiger partial charge in [-0.25, -0.2) is 4.79 Å². The lowest BCUT2D eigenvalue weighted by molar-refractivity contribution is -0.121. The van der Waals surface area contributed by atoms with Crippen molar-refractivity contribution >= 4 is 28.2 Å². The number of fused-ring (bicyclic) bond motifs is 1. The Morgan fingerprint density at radius 1 is 1.30 bits per heavy atom. The average Bonchev–Trinajstić information content (AvgIpc) is 2.98. The number of anilines is 1. The van der Waals surface area contributed by atoms with E-state index in [4.69, 9.17) is 4.74 Å². The maximum atomic E-state index is 12.9. The second kappa shape index (κ2) is 8.74. The van der Waals surface area contributed by atoms with Crippen LogP contribution in [0.2, 0.25) is 0 Å². The van der Waals surface area contributed by atoms with Crippen molar-refractivity contribution in [1.29, 1.82) is 0 Å². The molecule has 0 bridgehead atoms. The van der Waals surface area contributed by atoms with E-state index in [0.29, 0.717) is 29.0 Å². The molecule has 2 heterocycles. The Bertz CT molecular complexity index is 700. The van der Waals surface area contributed by atoms with Crippen molar-refractivity contribution in [3.63, 3.8) is 0 Å². The Morgan fingerprint density at radius 2 is 2.07 bits per heavy atom. The second-order valence-corrected chi connectivity index (χ2v) is 9.29. The summed E-state index contributed by atoms with van der Waals surface area (Å²) in [5, 5.41) is 3.75. The molecule has 5 nitrogen and oxygen atoms in total. The molecule has 2 aliphatic rings.